The van der Waals surface area contributed by atoms with Crippen LogP contribution in [0.2, 0.25) is 0 Å². The van der Waals surface area contributed by atoms with Crippen molar-refractivity contribution in [1.82, 2.24) is 15.5 Å². The molecule has 1 aromatic rings. The number of hydrogen-bond donors (Lipinski definition) is 2. The van der Waals surface area contributed by atoms with Crippen LogP contribution >= 0.6 is 0 Å². The molecule has 1 aromatic heterocycles. The zero-order valence-corrected chi connectivity index (χ0v) is 5.70. The van der Waals surface area contributed by atoms with Crippen LogP contribution in [-0.4, -0.2) is 22.9 Å². The number of amides is 1. The van der Waals surface area contributed by atoms with Gasteiger partial charge in [0.2, 0.25) is 0 Å². The van der Waals surface area contributed by atoms with E-state index in [1.54, 1.807) is 12.3 Å². The Morgan fingerprint density at radius 3 is 3.18 bits per heavy atom. The summed E-state index contributed by atoms with van der Waals surface area (Å²) in [5.41, 5.74) is 0.871. The minimum atomic E-state index is -0.371. The van der Waals surface area contributed by atoms with Crippen molar-refractivity contribution in [3.05, 3.63) is 18.0 Å². The highest BCUT2D eigenvalue weighted by Crippen LogP contribution is 2.14. The van der Waals surface area contributed by atoms with Gasteiger partial charge in [0.15, 0.2) is 0 Å². The number of nitrogens with zero attached hydrogens (tertiary/aromatic N) is 1. The van der Waals surface area contributed by atoms with E-state index in [0.29, 0.717) is 6.61 Å². The fraction of sp³-hybridized carbons (Fsp3) is 0.333. The second-order valence-electron chi connectivity index (χ2n) is 2.31. The molecule has 5 heteroatoms. The number of alkyl carbamates (subject to hydrolysis) is 1. The molecule has 2 heterocycles. The Kier molecular flexibility index (Phi) is 1.28. The number of aromatic amines is 1. The predicted octanol–water partition coefficient (Wildman–Crippen LogP) is 0.191. The van der Waals surface area contributed by atoms with E-state index in [4.69, 9.17) is 4.74 Å². The largest absolute Gasteiger partial charge is 0.447 e. The summed E-state index contributed by atoms with van der Waals surface area (Å²) >= 11 is 0. The Balaban J connectivity index is 2.13. The zero-order chi connectivity index (χ0) is 7.68. The third-order valence-corrected chi connectivity index (χ3v) is 1.57. The number of nitrogens with one attached hydrogen (secondary N) is 2. The summed E-state index contributed by atoms with van der Waals surface area (Å²) in [4.78, 5) is 10.6. The van der Waals surface area contributed by atoms with E-state index in [1.807, 2.05) is 0 Å². The van der Waals surface area contributed by atoms with Gasteiger partial charge in [-0.25, -0.2) is 4.79 Å². The molecule has 1 amide bonds. The molecule has 0 spiro atoms. The van der Waals surface area contributed by atoms with Gasteiger partial charge in [-0.2, -0.15) is 5.10 Å². The molecule has 1 atom stereocenters. The van der Waals surface area contributed by atoms with Crippen LogP contribution in [-0.2, 0) is 4.74 Å². The van der Waals surface area contributed by atoms with Crippen LogP contribution in [0, 0.1) is 0 Å². The molecule has 0 bridgehead atoms. The molecule has 0 radical (unpaired) electrons. The fourth-order valence-corrected chi connectivity index (χ4v) is 1.01. The molecule has 1 aliphatic rings. The highest BCUT2D eigenvalue weighted by Gasteiger charge is 2.24. The quantitative estimate of drug-likeness (QED) is 0.605. The van der Waals surface area contributed by atoms with Crippen molar-refractivity contribution < 1.29 is 9.53 Å². The average Bonchev–Trinajstić information content (AvgIpc) is 2.55. The van der Waals surface area contributed by atoms with E-state index < -0.39 is 0 Å². The molecule has 2 N–H and O–H groups in total. The lowest BCUT2D eigenvalue weighted by Crippen LogP contribution is -2.18. The van der Waals surface area contributed by atoms with E-state index in [-0.39, 0.29) is 12.1 Å². The first-order valence-electron chi connectivity index (χ1n) is 3.29. The lowest BCUT2D eigenvalue weighted by molar-refractivity contribution is 0.177. The maximum Gasteiger partial charge on any atom is 0.407 e. The van der Waals surface area contributed by atoms with Crippen LogP contribution in [0.3, 0.4) is 0 Å². The number of H-pyrrole nitrogens is 1. The maximum atomic E-state index is 10.6. The molecule has 11 heavy (non-hydrogen) atoms. The summed E-state index contributed by atoms with van der Waals surface area (Å²) in [6.07, 6.45) is 1.27. The smallest absolute Gasteiger partial charge is 0.407 e. The Morgan fingerprint density at radius 2 is 2.64 bits per heavy atom. The van der Waals surface area contributed by atoms with Gasteiger partial charge in [0.05, 0.1) is 5.69 Å². The molecule has 5 nitrogen and oxygen atoms in total. The molecule has 1 saturated heterocycles. The summed E-state index contributed by atoms with van der Waals surface area (Å²) in [5.74, 6) is 0. The maximum absolute atomic E-state index is 10.6. The molecule has 0 aliphatic carbocycles. The molecular weight excluding hydrogens is 146 g/mol. The van der Waals surface area contributed by atoms with Crippen LogP contribution < -0.4 is 5.32 Å². The Bertz CT molecular complexity index is 257. The van der Waals surface area contributed by atoms with E-state index in [0.717, 1.165) is 5.69 Å². The van der Waals surface area contributed by atoms with Crippen molar-refractivity contribution in [3.63, 3.8) is 0 Å². The predicted molar refractivity (Wildman–Crippen MR) is 35.8 cm³/mol. The van der Waals surface area contributed by atoms with Gasteiger partial charge in [-0.1, -0.05) is 0 Å². The first kappa shape index (κ1) is 6.21. The number of rotatable bonds is 1. The molecule has 1 fully saturated rings. The fourth-order valence-electron chi connectivity index (χ4n) is 1.01. The molecule has 0 aromatic carbocycles. The highest BCUT2D eigenvalue weighted by molar-refractivity contribution is 5.69. The number of carbonyl (C=O) groups is 1. The van der Waals surface area contributed by atoms with Crippen molar-refractivity contribution in [1.29, 1.82) is 0 Å². The normalized spacial score (nSPS) is 22.9. The van der Waals surface area contributed by atoms with Gasteiger partial charge in [0.25, 0.3) is 0 Å². The van der Waals surface area contributed by atoms with Crippen LogP contribution in [0.5, 0.6) is 0 Å². The van der Waals surface area contributed by atoms with Crippen LogP contribution in [0.25, 0.3) is 0 Å². The highest BCUT2D eigenvalue weighted by atomic mass is 16.6. The van der Waals surface area contributed by atoms with Gasteiger partial charge in [0, 0.05) is 6.20 Å². The lowest BCUT2D eigenvalue weighted by Gasteiger charge is -2.01. The number of hydrogen-bond acceptors (Lipinski definition) is 3. The van der Waals surface area contributed by atoms with Gasteiger partial charge < -0.3 is 10.1 Å². The first-order valence-corrected chi connectivity index (χ1v) is 3.29. The number of cyclic esters (lactones) is 1. The van der Waals surface area contributed by atoms with Crippen molar-refractivity contribution in [2.75, 3.05) is 6.61 Å². The van der Waals surface area contributed by atoms with Crippen molar-refractivity contribution in [3.8, 4) is 0 Å². The second-order valence-corrected chi connectivity index (χ2v) is 2.31. The molecule has 58 valence electrons. The minimum absolute atomic E-state index is 0.0648. The van der Waals surface area contributed by atoms with E-state index in [1.165, 1.54) is 0 Å². The summed E-state index contributed by atoms with van der Waals surface area (Å²) in [5, 5.41) is 9.14. The topological polar surface area (TPSA) is 67.0 Å². The van der Waals surface area contributed by atoms with Gasteiger partial charge in [0.1, 0.15) is 12.6 Å². The average molecular weight is 153 g/mol. The standard InChI is InChI=1S/C6H7N3O2/c10-6-8-5(3-11-6)4-1-2-7-9-4/h1-2,5H,3H2,(H,7,9)(H,8,10). The van der Waals surface area contributed by atoms with Crippen molar-refractivity contribution in [2.24, 2.45) is 0 Å². The summed E-state index contributed by atoms with van der Waals surface area (Å²) in [6, 6.07) is 1.74. The minimum Gasteiger partial charge on any atom is -0.447 e. The third kappa shape index (κ3) is 1.04. The molecule has 2 rings (SSSR count). The van der Waals surface area contributed by atoms with Gasteiger partial charge in [-0.3, -0.25) is 5.10 Å². The monoisotopic (exact) mass is 153 g/mol. The van der Waals surface area contributed by atoms with E-state index >= 15 is 0 Å². The zero-order valence-electron chi connectivity index (χ0n) is 5.70. The van der Waals surface area contributed by atoms with Gasteiger partial charge >= 0.3 is 6.09 Å². The SMILES string of the molecule is O=C1NC(c2ccn[nH]2)CO1. The Hall–Kier alpha value is -1.52. The molecule has 0 saturated carbocycles. The first-order chi connectivity index (χ1) is 5.36. The summed E-state index contributed by atoms with van der Waals surface area (Å²) in [6.45, 7) is 0.376. The van der Waals surface area contributed by atoms with Crippen LogP contribution in [0.1, 0.15) is 11.7 Å². The van der Waals surface area contributed by atoms with Gasteiger partial charge in [-0.15, -0.1) is 0 Å². The lowest BCUT2D eigenvalue weighted by atomic mass is 10.2. The van der Waals surface area contributed by atoms with Crippen molar-refractivity contribution in [2.45, 2.75) is 6.04 Å². The number of aromatic nitrogens is 2. The Labute approximate surface area is 62.7 Å². The van der Waals surface area contributed by atoms with Crippen molar-refractivity contribution >= 4 is 6.09 Å². The molecule has 1 aliphatic heterocycles. The van der Waals surface area contributed by atoms with E-state index in [9.17, 15) is 4.79 Å². The summed E-state index contributed by atoms with van der Waals surface area (Å²) in [7, 11) is 0. The van der Waals surface area contributed by atoms with Crippen LogP contribution in [0.15, 0.2) is 12.3 Å². The van der Waals surface area contributed by atoms with E-state index in [2.05, 4.69) is 15.5 Å². The summed E-state index contributed by atoms with van der Waals surface area (Å²) < 4.78 is 4.69. The third-order valence-electron chi connectivity index (χ3n) is 1.57. The second kappa shape index (κ2) is 2.26. The number of carbonyl (C=O) groups excluding carboxylic acids is 1. The van der Waals surface area contributed by atoms with Crippen LogP contribution in [0.4, 0.5) is 4.79 Å². The Morgan fingerprint density at radius 1 is 1.73 bits per heavy atom. The number of ether oxygens (including phenoxy) is 1. The molecule has 1 unspecified atom stereocenters. The molecular formula is C6H7N3O2. The van der Waals surface area contributed by atoms with Gasteiger partial charge in [-0.05, 0) is 6.07 Å².